The highest BCUT2D eigenvalue weighted by Crippen LogP contribution is 2.30. The van der Waals surface area contributed by atoms with E-state index >= 15 is 0 Å². The topological polar surface area (TPSA) is 51.2 Å². The Balaban J connectivity index is 1.33. The fourth-order valence-corrected chi connectivity index (χ4v) is 3.89. The average molecular weight is 427 g/mol. The van der Waals surface area contributed by atoms with Gasteiger partial charge in [0, 0.05) is 16.5 Å². The number of nitrogens with one attached hydrogen (secondary N) is 1. The van der Waals surface area contributed by atoms with Gasteiger partial charge in [0.2, 0.25) is 5.91 Å². The number of aryl methyl sites for hydroxylation is 1. The Morgan fingerprint density at radius 1 is 0.968 bits per heavy atom. The normalized spacial score (nSPS) is 10.9. The van der Waals surface area contributed by atoms with Crippen LogP contribution in [0.5, 0.6) is 5.75 Å². The molecule has 0 aliphatic rings. The maximum absolute atomic E-state index is 12.3. The zero-order valence-corrected chi connectivity index (χ0v) is 17.9. The van der Waals surface area contributed by atoms with Crippen LogP contribution in [0.4, 0.5) is 5.13 Å². The van der Waals surface area contributed by atoms with Crippen molar-refractivity contribution in [2.24, 2.45) is 0 Å². The molecule has 0 fully saturated rings. The lowest BCUT2D eigenvalue weighted by Crippen LogP contribution is -2.07. The van der Waals surface area contributed by atoms with Crippen LogP contribution in [0.15, 0.2) is 91.0 Å². The summed E-state index contributed by atoms with van der Waals surface area (Å²) in [6, 6.07) is 27.6. The molecule has 0 saturated carbocycles. The van der Waals surface area contributed by atoms with Gasteiger partial charge in [0.15, 0.2) is 5.13 Å². The number of hydrogen-bond acceptors (Lipinski definition) is 4. The van der Waals surface area contributed by atoms with Gasteiger partial charge in [-0.05, 0) is 36.3 Å². The molecule has 0 aliphatic carbocycles. The van der Waals surface area contributed by atoms with Crippen LogP contribution in [0.3, 0.4) is 0 Å². The SMILES string of the molecule is Cc1sc(NC(=O)C=Cc2ccc(OCc3ccccc3)cc2)nc1-c1ccccc1. The van der Waals surface area contributed by atoms with Crippen LogP contribution >= 0.6 is 11.3 Å². The number of nitrogens with zero attached hydrogens (tertiary/aromatic N) is 1. The zero-order chi connectivity index (χ0) is 21.5. The molecule has 0 unspecified atom stereocenters. The number of aromatic nitrogens is 1. The molecule has 5 heteroatoms. The lowest BCUT2D eigenvalue weighted by molar-refractivity contribution is -0.111. The fourth-order valence-electron chi connectivity index (χ4n) is 3.05. The first-order valence-corrected chi connectivity index (χ1v) is 10.8. The van der Waals surface area contributed by atoms with Gasteiger partial charge in [-0.2, -0.15) is 0 Å². The summed E-state index contributed by atoms with van der Waals surface area (Å²) in [5, 5.41) is 3.44. The van der Waals surface area contributed by atoms with E-state index in [0.29, 0.717) is 11.7 Å². The highest BCUT2D eigenvalue weighted by Gasteiger charge is 2.10. The minimum absolute atomic E-state index is 0.210. The maximum Gasteiger partial charge on any atom is 0.250 e. The van der Waals surface area contributed by atoms with Crippen molar-refractivity contribution in [1.82, 2.24) is 4.98 Å². The lowest BCUT2D eigenvalue weighted by Gasteiger charge is -2.06. The molecule has 0 atom stereocenters. The third-order valence-corrected chi connectivity index (χ3v) is 5.52. The maximum atomic E-state index is 12.3. The van der Waals surface area contributed by atoms with E-state index < -0.39 is 0 Å². The van der Waals surface area contributed by atoms with Crippen molar-refractivity contribution in [2.75, 3.05) is 5.32 Å². The largest absolute Gasteiger partial charge is 0.489 e. The molecular formula is C26H22N2O2S. The Morgan fingerprint density at radius 2 is 1.65 bits per heavy atom. The predicted molar refractivity (Wildman–Crippen MR) is 127 cm³/mol. The van der Waals surface area contributed by atoms with Crippen molar-refractivity contribution in [3.05, 3.63) is 107 Å². The monoisotopic (exact) mass is 426 g/mol. The molecule has 1 heterocycles. The molecule has 0 spiro atoms. The van der Waals surface area contributed by atoms with Crippen LogP contribution < -0.4 is 10.1 Å². The molecule has 4 nitrogen and oxygen atoms in total. The van der Waals surface area contributed by atoms with Gasteiger partial charge in [0.1, 0.15) is 12.4 Å². The van der Waals surface area contributed by atoms with Crippen LogP contribution in [0.1, 0.15) is 16.0 Å². The number of rotatable bonds is 7. The van der Waals surface area contributed by atoms with E-state index in [-0.39, 0.29) is 5.91 Å². The molecule has 4 rings (SSSR count). The number of hydrogen-bond donors (Lipinski definition) is 1. The lowest BCUT2D eigenvalue weighted by atomic mass is 10.1. The third-order valence-electron chi connectivity index (χ3n) is 4.63. The second-order valence-corrected chi connectivity index (χ2v) is 8.16. The van der Waals surface area contributed by atoms with E-state index in [9.17, 15) is 4.79 Å². The Hall–Kier alpha value is -3.70. The summed E-state index contributed by atoms with van der Waals surface area (Å²) in [6.45, 7) is 2.53. The van der Waals surface area contributed by atoms with Gasteiger partial charge in [-0.25, -0.2) is 4.98 Å². The molecule has 0 aliphatic heterocycles. The highest BCUT2D eigenvalue weighted by molar-refractivity contribution is 7.16. The fraction of sp³-hybridized carbons (Fsp3) is 0.0769. The first-order valence-electron chi connectivity index (χ1n) is 9.96. The number of amides is 1. The predicted octanol–water partition coefficient (Wildman–Crippen LogP) is 6.35. The van der Waals surface area contributed by atoms with E-state index in [1.807, 2.05) is 91.9 Å². The van der Waals surface area contributed by atoms with E-state index in [1.54, 1.807) is 6.08 Å². The van der Waals surface area contributed by atoms with E-state index in [4.69, 9.17) is 4.74 Å². The van der Waals surface area contributed by atoms with Crippen molar-refractivity contribution >= 4 is 28.5 Å². The summed E-state index contributed by atoms with van der Waals surface area (Å²) in [6.07, 6.45) is 3.29. The number of ether oxygens (including phenoxy) is 1. The summed E-state index contributed by atoms with van der Waals surface area (Å²) in [4.78, 5) is 17.9. The van der Waals surface area contributed by atoms with Crippen LogP contribution in [-0.4, -0.2) is 10.9 Å². The smallest absolute Gasteiger partial charge is 0.250 e. The third kappa shape index (κ3) is 5.68. The molecule has 3 aromatic carbocycles. The summed E-state index contributed by atoms with van der Waals surface area (Å²) in [7, 11) is 0. The first kappa shape index (κ1) is 20.6. The van der Waals surface area contributed by atoms with Crippen molar-refractivity contribution in [3.63, 3.8) is 0 Å². The molecule has 154 valence electrons. The quantitative estimate of drug-likeness (QED) is 0.350. The van der Waals surface area contributed by atoms with Gasteiger partial charge >= 0.3 is 0 Å². The van der Waals surface area contributed by atoms with Crippen molar-refractivity contribution in [3.8, 4) is 17.0 Å². The van der Waals surface area contributed by atoms with Gasteiger partial charge in [0.05, 0.1) is 5.69 Å². The van der Waals surface area contributed by atoms with Gasteiger partial charge in [0.25, 0.3) is 0 Å². The molecule has 0 bridgehead atoms. The van der Waals surface area contributed by atoms with E-state index in [0.717, 1.165) is 33.0 Å². The Morgan fingerprint density at radius 3 is 2.35 bits per heavy atom. The molecule has 1 aromatic heterocycles. The number of thiazole rings is 1. The van der Waals surface area contributed by atoms with E-state index in [1.165, 1.54) is 17.4 Å². The van der Waals surface area contributed by atoms with Crippen molar-refractivity contribution < 1.29 is 9.53 Å². The Labute approximate surface area is 185 Å². The summed E-state index contributed by atoms with van der Waals surface area (Å²) in [5.41, 5.74) is 3.98. The number of benzene rings is 3. The molecule has 0 radical (unpaired) electrons. The van der Waals surface area contributed by atoms with Crippen molar-refractivity contribution in [2.45, 2.75) is 13.5 Å². The van der Waals surface area contributed by atoms with Gasteiger partial charge in [-0.3, -0.25) is 10.1 Å². The second-order valence-electron chi connectivity index (χ2n) is 6.96. The standard InChI is InChI=1S/C26H22N2O2S/c1-19-25(22-10-6-3-7-11-22)28-26(31-19)27-24(29)17-14-20-12-15-23(16-13-20)30-18-21-8-4-2-5-9-21/h2-17H,18H2,1H3,(H,27,28,29). The van der Waals surface area contributed by atoms with Crippen molar-refractivity contribution in [1.29, 1.82) is 0 Å². The molecule has 1 N–H and O–H groups in total. The van der Waals surface area contributed by atoms with Crippen LogP contribution in [0, 0.1) is 6.92 Å². The number of carbonyl (C=O) groups excluding carboxylic acids is 1. The summed E-state index contributed by atoms with van der Waals surface area (Å²) < 4.78 is 5.79. The molecule has 31 heavy (non-hydrogen) atoms. The highest BCUT2D eigenvalue weighted by atomic mass is 32.1. The Bertz CT molecular complexity index is 1170. The zero-order valence-electron chi connectivity index (χ0n) is 17.1. The summed E-state index contributed by atoms with van der Waals surface area (Å²) in [5.74, 6) is 0.579. The van der Waals surface area contributed by atoms with Gasteiger partial charge < -0.3 is 4.74 Å². The number of carbonyl (C=O) groups is 1. The van der Waals surface area contributed by atoms with Gasteiger partial charge in [-0.1, -0.05) is 72.8 Å². The first-order chi connectivity index (χ1) is 15.2. The second kappa shape index (κ2) is 9.87. The average Bonchev–Trinajstić information content (AvgIpc) is 3.18. The minimum atomic E-state index is -0.210. The summed E-state index contributed by atoms with van der Waals surface area (Å²) >= 11 is 1.47. The molecule has 4 aromatic rings. The van der Waals surface area contributed by atoms with E-state index in [2.05, 4.69) is 10.3 Å². The van der Waals surface area contributed by atoms with Gasteiger partial charge in [-0.15, -0.1) is 11.3 Å². The molecule has 0 saturated heterocycles. The molecular weight excluding hydrogens is 404 g/mol. The Kier molecular flexibility index (Phi) is 6.55. The van der Waals surface area contributed by atoms with Crippen LogP contribution in [0.25, 0.3) is 17.3 Å². The minimum Gasteiger partial charge on any atom is -0.489 e. The molecule has 1 amide bonds. The number of anilines is 1. The van der Waals surface area contributed by atoms with Crippen LogP contribution in [-0.2, 0) is 11.4 Å². The van der Waals surface area contributed by atoms with Crippen LogP contribution in [0.2, 0.25) is 0 Å².